The normalized spacial score (nSPS) is 18.9. The summed E-state index contributed by atoms with van der Waals surface area (Å²) in [6.45, 7) is 2.31. The van der Waals surface area contributed by atoms with Crippen molar-refractivity contribution in [3.8, 4) is 0 Å². The third-order valence-corrected chi connectivity index (χ3v) is 4.95. The molecular weight excluding hydrogens is 260 g/mol. The number of anilines is 1. The number of aromatic nitrogens is 4. The second-order valence-corrected chi connectivity index (χ2v) is 6.19. The van der Waals surface area contributed by atoms with Crippen molar-refractivity contribution in [3.05, 3.63) is 16.8 Å². The van der Waals surface area contributed by atoms with Crippen molar-refractivity contribution in [1.82, 2.24) is 19.6 Å². The Bertz CT molecular complexity index is 773. The molecule has 0 radical (unpaired) electrons. The molecule has 1 aliphatic carbocycles. The van der Waals surface area contributed by atoms with Gasteiger partial charge in [-0.05, 0) is 30.7 Å². The molecule has 3 heterocycles. The van der Waals surface area contributed by atoms with E-state index in [0.29, 0.717) is 5.95 Å². The summed E-state index contributed by atoms with van der Waals surface area (Å²) in [7, 11) is 0. The lowest BCUT2D eigenvalue weighted by atomic mass is 9.89. The van der Waals surface area contributed by atoms with Crippen LogP contribution in [-0.4, -0.2) is 19.6 Å². The summed E-state index contributed by atoms with van der Waals surface area (Å²) in [5.74, 6) is 6.80. The minimum absolute atomic E-state index is 0.534. The fraction of sp³-hybridized carbons (Fsp3) is 0.417. The van der Waals surface area contributed by atoms with Crippen molar-refractivity contribution >= 4 is 33.1 Å². The maximum absolute atomic E-state index is 5.51. The molecular formula is C12H14N6S. The molecule has 0 spiro atoms. The summed E-state index contributed by atoms with van der Waals surface area (Å²) in [6.07, 6.45) is 5.03. The number of hydrazine groups is 1. The van der Waals surface area contributed by atoms with E-state index in [1.165, 1.54) is 16.9 Å². The number of nitrogen functional groups attached to an aromatic ring is 1. The van der Waals surface area contributed by atoms with Crippen LogP contribution in [0.5, 0.6) is 0 Å². The fourth-order valence-electron chi connectivity index (χ4n) is 2.85. The van der Waals surface area contributed by atoms with Gasteiger partial charge in [0.25, 0.3) is 0 Å². The molecule has 3 aromatic heterocycles. The largest absolute Gasteiger partial charge is 0.292 e. The molecule has 0 unspecified atom stereocenters. The Morgan fingerprint density at radius 2 is 2.42 bits per heavy atom. The van der Waals surface area contributed by atoms with Crippen LogP contribution in [0, 0.1) is 5.92 Å². The maximum Gasteiger partial charge on any atom is 0.241 e. The van der Waals surface area contributed by atoms with Crippen LogP contribution in [-0.2, 0) is 12.8 Å². The molecule has 3 aromatic rings. The zero-order valence-electron chi connectivity index (χ0n) is 10.6. The van der Waals surface area contributed by atoms with Gasteiger partial charge in [-0.2, -0.15) is 9.61 Å². The van der Waals surface area contributed by atoms with Crippen LogP contribution < -0.4 is 11.3 Å². The minimum Gasteiger partial charge on any atom is -0.292 e. The summed E-state index contributed by atoms with van der Waals surface area (Å²) >= 11 is 1.76. The lowest BCUT2D eigenvalue weighted by molar-refractivity contribution is 0.509. The third-order valence-electron chi connectivity index (χ3n) is 3.80. The molecule has 0 saturated carbocycles. The van der Waals surface area contributed by atoms with Crippen LogP contribution in [0.15, 0.2) is 6.33 Å². The molecule has 1 atom stereocenters. The predicted molar refractivity (Wildman–Crippen MR) is 75.2 cm³/mol. The first kappa shape index (κ1) is 11.1. The Morgan fingerprint density at radius 1 is 1.53 bits per heavy atom. The lowest BCUT2D eigenvalue weighted by Gasteiger charge is -2.17. The average Bonchev–Trinajstić information content (AvgIpc) is 2.99. The molecule has 7 heteroatoms. The van der Waals surface area contributed by atoms with Crippen molar-refractivity contribution in [3.63, 3.8) is 0 Å². The van der Waals surface area contributed by atoms with Gasteiger partial charge in [0.1, 0.15) is 11.2 Å². The highest BCUT2D eigenvalue weighted by atomic mass is 32.1. The van der Waals surface area contributed by atoms with E-state index in [1.54, 1.807) is 22.2 Å². The van der Waals surface area contributed by atoms with Gasteiger partial charge in [0.2, 0.25) is 5.95 Å². The van der Waals surface area contributed by atoms with Gasteiger partial charge >= 0.3 is 0 Å². The summed E-state index contributed by atoms with van der Waals surface area (Å²) in [5, 5.41) is 5.34. The van der Waals surface area contributed by atoms with Crippen molar-refractivity contribution in [2.75, 3.05) is 5.43 Å². The van der Waals surface area contributed by atoms with Gasteiger partial charge in [0.15, 0.2) is 5.65 Å². The number of aryl methyl sites for hydroxylation is 1. The maximum atomic E-state index is 5.51. The van der Waals surface area contributed by atoms with E-state index in [0.717, 1.165) is 34.6 Å². The van der Waals surface area contributed by atoms with E-state index < -0.39 is 0 Å². The Labute approximate surface area is 113 Å². The number of hydrogen-bond donors (Lipinski definition) is 2. The van der Waals surface area contributed by atoms with Gasteiger partial charge in [0.05, 0.1) is 5.39 Å². The highest BCUT2D eigenvalue weighted by Crippen LogP contribution is 2.39. The number of thiophene rings is 1. The smallest absolute Gasteiger partial charge is 0.241 e. The number of nitrogens with zero attached hydrogens (tertiary/aromatic N) is 4. The van der Waals surface area contributed by atoms with Gasteiger partial charge < -0.3 is 0 Å². The van der Waals surface area contributed by atoms with E-state index in [-0.39, 0.29) is 0 Å². The Hall–Kier alpha value is -1.73. The first-order chi connectivity index (χ1) is 9.28. The summed E-state index contributed by atoms with van der Waals surface area (Å²) in [5.41, 5.74) is 4.85. The molecule has 1 aliphatic rings. The highest BCUT2D eigenvalue weighted by molar-refractivity contribution is 7.19. The average molecular weight is 274 g/mol. The van der Waals surface area contributed by atoms with Crippen molar-refractivity contribution in [1.29, 1.82) is 0 Å². The molecule has 6 nitrogen and oxygen atoms in total. The fourth-order valence-corrected chi connectivity index (χ4v) is 4.23. The van der Waals surface area contributed by atoms with Gasteiger partial charge in [0, 0.05) is 4.88 Å². The van der Waals surface area contributed by atoms with Crippen molar-refractivity contribution in [2.24, 2.45) is 11.8 Å². The monoisotopic (exact) mass is 274 g/mol. The first-order valence-electron chi connectivity index (χ1n) is 6.38. The zero-order chi connectivity index (χ0) is 13.0. The van der Waals surface area contributed by atoms with Crippen LogP contribution in [0.25, 0.3) is 15.9 Å². The first-order valence-corrected chi connectivity index (χ1v) is 7.20. The van der Waals surface area contributed by atoms with Crippen molar-refractivity contribution < 1.29 is 0 Å². The molecule has 19 heavy (non-hydrogen) atoms. The molecule has 0 fully saturated rings. The molecule has 98 valence electrons. The Morgan fingerprint density at radius 3 is 3.26 bits per heavy atom. The predicted octanol–water partition coefficient (Wildman–Crippen LogP) is 1.75. The van der Waals surface area contributed by atoms with E-state index in [4.69, 9.17) is 5.84 Å². The Balaban J connectivity index is 2.11. The van der Waals surface area contributed by atoms with Crippen LogP contribution in [0.1, 0.15) is 23.8 Å². The summed E-state index contributed by atoms with van der Waals surface area (Å²) < 4.78 is 1.67. The van der Waals surface area contributed by atoms with E-state index in [1.807, 2.05) is 0 Å². The molecule has 4 rings (SSSR count). The number of fused-ring (bicyclic) bond motifs is 5. The van der Waals surface area contributed by atoms with Crippen LogP contribution in [0.3, 0.4) is 0 Å². The number of nitrogens with two attached hydrogens (primary N) is 1. The van der Waals surface area contributed by atoms with Crippen LogP contribution >= 0.6 is 11.3 Å². The summed E-state index contributed by atoms with van der Waals surface area (Å²) in [4.78, 5) is 11.4. The lowest BCUT2D eigenvalue weighted by Crippen LogP contribution is -2.13. The second-order valence-electron chi connectivity index (χ2n) is 5.11. The zero-order valence-corrected chi connectivity index (χ0v) is 11.4. The topological polar surface area (TPSA) is 81.1 Å². The molecule has 0 aromatic carbocycles. The van der Waals surface area contributed by atoms with E-state index in [2.05, 4.69) is 27.4 Å². The second kappa shape index (κ2) is 3.88. The SMILES string of the molecule is C[C@H]1CCc2c(sc3nc(NN)n4ncnc4c23)C1. The van der Waals surface area contributed by atoms with Gasteiger partial charge in [-0.25, -0.2) is 15.8 Å². The van der Waals surface area contributed by atoms with Gasteiger partial charge in [-0.1, -0.05) is 6.92 Å². The standard InChI is InChI=1S/C12H14N6S/c1-6-2-3-7-8(4-6)19-11-9(7)10-14-5-15-18(10)12(16-11)17-13/h5-6H,2-4,13H2,1H3,(H,16,17)/t6-/m0/s1. The number of hydrogen-bond acceptors (Lipinski definition) is 6. The Kier molecular flexibility index (Phi) is 2.27. The molecule has 0 aliphatic heterocycles. The summed E-state index contributed by atoms with van der Waals surface area (Å²) in [6, 6.07) is 0. The molecule has 0 saturated heterocycles. The molecule has 0 amide bonds. The van der Waals surface area contributed by atoms with Crippen LogP contribution in [0.4, 0.5) is 5.95 Å². The van der Waals surface area contributed by atoms with Gasteiger partial charge in [-0.3, -0.25) is 5.43 Å². The van der Waals surface area contributed by atoms with E-state index in [9.17, 15) is 0 Å². The minimum atomic E-state index is 0.534. The highest BCUT2D eigenvalue weighted by Gasteiger charge is 2.24. The molecule has 0 bridgehead atoms. The number of rotatable bonds is 1. The quantitative estimate of drug-likeness (QED) is 0.522. The van der Waals surface area contributed by atoms with Gasteiger partial charge in [-0.15, -0.1) is 11.3 Å². The number of nitrogens with one attached hydrogen (secondary N) is 1. The van der Waals surface area contributed by atoms with Crippen molar-refractivity contribution in [2.45, 2.75) is 26.2 Å². The third kappa shape index (κ3) is 1.48. The molecule has 3 N–H and O–H groups in total. The van der Waals surface area contributed by atoms with E-state index >= 15 is 0 Å². The van der Waals surface area contributed by atoms with Crippen LogP contribution in [0.2, 0.25) is 0 Å².